The van der Waals surface area contributed by atoms with E-state index >= 15 is 0 Å². The normalized spacial score (nSPS) is 18.3. The first-order valence-electron chi connectivity index (χ1n) is 7.98. The van der Waals surface area contributed by atoms with E-state index in [0.29, 0.717) is 0 Å². The summed E-state index contributed by atoms with van der Waals surface area (Å²) >= 11 is 0. The van der Waals surface area contributed by atoms with Crippen LogP contribution >= 0.6 is 0 Å². The average Bonchev–Trinajstić information content (AvgIpc) is 2.54. The van der Waals surface area contributed by atoms with Crippen LogP contribution in [-0.4, -0.2) is 36.5 Å². The van der Waals surface area contributed by atoms with Gasteiger partial charge in [-0.15, -0.1) is 0 Å². The number of rotatable bonds is 4. The SMILES string of the molecule is CCC(C)(C)N(C)C(=O)C1(c2ccccc2)CCNCC1. The monoisotopic (exact) mass is 288 g/mol. The molecule has 3 heteroatoms. The molecule has 0 bridgehead atoms. The number of nitrogens with one attached hydrogen (secondary N) is 1. The van der Waals surface area contributed by atoms with Crippen molar-refractivity contribution in [2.24, 2.45) is 0 Å². The first-order valence-corrected chi connectivity index (χ1v) is 7.98. The van der Waals surface area contributed by atoms with Crippen LogP contribution in [0.15, 0.2) is 30.3 Å². The molecule has 0 atom stereocenters. The summed E-state index contributed by atoms with van der Waals surface area (Å²) in [7, 11) is 1.96. The van der Waals surface area contributed by atoms with Crippen LogP contribution in [0.2, 0.25) is 0 Å². The van der Waals surface area contributed by atoms with Crippen LogP contribution < -0.4 is 5.32 Å². The van der Waals surface area contributed by atoms with Gasteiger partial charge in [0.25, 0.3) is 0 Å². The number of carbonyl (C=O) groups is 1. The summed E-state index contributed by atoms with van der Waals surface area (Å²) in [6, 6.07) is 10.3. The molecule has 2 rings (SSSR count). The topological polar surface area (TPSA) is 32.3 Å². The fourth-order valence-corrected chi connectivity index (χ4v) is 3.07. The highest BCUT2D eigenvalue weighted by Crippen LogP contribution is 2.37. The van der Waals surface area contributed by atoms with Gasteiger partial charge in [-0.25, -0.2) is 0 Å². The number of carbonyl (C=O) groups excluding carboxylic acids is 1. The second-order valence-corrected chi connectivity index (χ2v) is 6.73. The number of benzene rings is 1. The molecule has 1 aliphatic heterocycles. The second kappa shape index (κ2) is 6.18. The molecule has 0 saturated carbocycles. The van der Waals surface area contributed by atoms with Gasteiger partial charge in [0, 0.05) is 12.6 Å². The molecule has 1 amide bonds. The van der Waals surface area contributed by atoms with Gasteiger partial charge in [-0.2, -0.15) is 0 Å². The van der Waals surface area contributed by atoms with Gasteiger partial charge in [0.1, 0.15) is 0 Å². The number of hydrogen-bond donors (Lipinski definition) is 1. The minimum atomic E-state index is -0.367. The Bertz CT molecular complexity index is 475. The highest BCUT2D eigenvalue weighted by atomic mass is 16.2. The van der Waals surface area contributed by atoms with Crippen molar-refractivity contribution in [1.29, 1.82) is 0 Å². The van der Waals surface area contributed by atoms with Crippen LogP contribution in [0.4, 0.5) is 0 Å². The molecule has 1 aliphatic rings. The summed E-state index contributed by atoms with van der Waals surface area (Å²) in [4.78, 5) is 15.3. The molecule has 21 heavy (non-hydrogen) atoms. The van der Waals surface area contributed by atoms with Crippen LogP contribution in [0, 0.1) is 0 Å². The van der Waals surface area contributed by atoms with Crippen molar-refractivity contribution in [3.8, 4) is 0 Å². The van der Waals surface area contributed by atoms with Gasteiger partial charge in [0.05, 0.1) is 5.41 Å². The van der Waals surface area contributed by atoms with Gasteiger partial charge in [0.15, 0.2) is 0 Å². The second-order valence-electron chi connectivity index (χ2n) is 6.73. The minimum absolute atomic E-state index is 0.107. The fourth-order valence-electron chi connectivity index (χ4n) is 3.07. The van der Waals surface area contributed by atoms with Crippen LogP contribution in [0.25, 0.3) is 0 Å². The molecule has 1 aromatic rings. The maximum absolute atomic E-state index is 13.3. The Hall–Kier alpha value is -1.35. The van der Waals surface area contributed by atoms with Crippen molar-refractivity contribution >= 4 is 5.91 Å². The van der Waals surface area contributed by atoms with Crippen molar-refractivity contribution in [2.75, 3.05) is 20.1 Å². The Kier molecular flexibility index (Phi) is 4.72. The van der Waals surface area contributed by atoms with Gasteiger partial charge in [0.2, 0.25) is 5.91 Å². The maximum atomic E-state index is 13.3. The third kappa shape index (κ3) is 2.98. The van der Waals surface area contributed by atoms with E-state index in [1.165, 1.54) is 0 Å². The predicted molar refractivity (Wildman–Crippen MR) is 87.4 cm³/mol. The average molecular weight is 288 g/mol. The molecule has 1 aromatic carbocycles. The molecule has 0 aliphatic carbocycles. The number of hydrogen-bond acceptors (Lipinski definition) is 2. The van der Waals surface area contributed by atoms with Crippen LogP contribution in [-0.2, 0) is 10.2 Å². The zero-order chi connectivity index (χ0) is 15.5. The molecule has 1 fully saturated rings. The summed E-state index contributed by atoms with van der Waals surface area (Å²) in [5, 5.41) is 3.39. The first-order chi connectivity index (χ1) is 9.94. The molecule has 1 N–H and O–H groups in total. The van der Waals surface area contributed by atoms with Gasteiger partial charge >= 0.3 is 0 Å². The highest BCUT2D eigenvalue weighted by Gasteiger charge is 2.45. The predicted octanol–water partition coefficient (Wildman–Crippen LogP) is 2.95. The standard InChI is InChI=1S/C18H28N2O/c1-5-17(2,3)20(4)16(21)18(11-13-19-14-12-18)15-9-7-6-8-10-15/h6-10,19H,5,11-14H2,1-4H3. The summed E-state index contributed by atoms with van der Waals surface area (Å²) < 4.78 is 0. The number of likely N-dealkylation sites (N-methyl/N-ethyl adjacent to an activating group) is 1. The van der Waals surface area contributed by atoms with Crippen LogP contribution in [0.3, 0.4) is 0 Å². The lowest BCUT2D eigenvalue weighted by atomic mass is 9.71. The largest absolute Gasteiger partial charge is 0.340 e. The Morgan fingerprint density at radius 3 is 2.33 bits per heavy atom. The van der Waals surface area contributed by atoms with Crippen molar-refractivity contribution in [1.82, 2.24) is 10.2 Å². The van der Waals surface area contributed by atoms with E-state index in [9.17, 15) is 4.79 Å². The number of nitrogens with zero attached hydrogens (tertiary/aromatic N) is 1. The molecule has 1 saturated heterocycles. The molecular formula is C18H28N2O. The molecule has 1 heterocycles. The molecule has 0 radical (unpaired) electrons. The van der Waals surface area contributed by atoms with Gasteiger partial charge in [-0.3, -0.25) is 4.79 Å². The zero-order valence-corrected chi connectivity index (χ0v) is 13.8. The lowest BCUT2D eigenvalue weighted by Gasteiger charge is -2.44. The van der Waals surface area contributed by atoms with Crippen molar-refractivity contribution in [3.05, 3.63) is 35.9 Å². The highest BCUT2D eigenvalue weighted by molar-refractivity contribution is 5.89. The van der Waals surface area contributed by atoms with E-state index in [1.807, 2.05) is 30.1 Å². The summed E-state index contributed by atoms with van der Waals surface area (Å²) in [5.41, 5.74) is 0.688. The molecule has 0 aromatic heterocycles. The quantitative estimate of drug-likeness (QED) is 0.924. The van der Waals surface area contributed by atoms with Crippen molar-refractivity contribution in [2.45, 2.75) is 51.0 Å². The van der Waals surface area contributed by atoms with Crippen LogP contribution in [0.1, 0.15) is 45.6 Å². The first kappa shape index (κ1) is 16.0. The fraction of sp³-hybridized carbons (Fsp3) is 0.611. The zero-order valence-electron chi connectivity index (χ0n) is 13.8. The molecule has 3 nitrogen and oxygen atoms in total. The van der Waals surface area contributed by atoms with Gasteiger partial charge < -0.3 is 10.2 Å². The Balaban J connectivity index is 2.39. The van der Waals surface area contributed by atoms with E-state index in [2.05, 4.69) is 38.2 Å². The minimum Gasteiger partial charge on any atom is -0.340 e. The Morgan fingerprint density at radius 1 is 1.24 bits per heavy atom. The third-order valence-electron chi connectivity index (χ3n) is 5.27. The van der Waals surface area contributed by atoms with Gasteiger partial charge in [-0.05, 0) is 51.8 Å². The van der Waals surface area contributed by atoms with E-state index in [-0.39, 0.29) is 16.9 Å². The molecule has 116 valence electrons. The Labute approximate surface area is 128 Å². The van der Waals surface area contributed by atoms with Crippen LogP contribution in [0.5, 0.6) is 0 Å². The Morgan fingerprint density at radius 2 is 1.81 bits per heavy atom. The summed E-state index contributed by atoms with van der Waals surface area (Å²) in [5.74, 6) is 0.266. The summed E-state index contributed by atoms with van der Waals surface area (Å²) in [6.07, 6.45) is 2.71. The molecule has 0 unspecified atom stereocenters. The third-order valence-corrected chi connectivity index (χ3v) is 5.27. The lowest BCUT2D eigenvalue weighted by molar-refractivity contribution is -0.142. The lowest BCUT2D eigenvalue weighted by Crippen LogP contribution is -2.56. The van der Waals surface area contributed by atoms with E-state index in [1.54, 1.807) is 0 Å². The van der Waals surface area contributed by atoms with E-state index in [4.69, 9.17) is 0 Å². The maximum Gasteiger partial charge on any atom is 0.233 e. The van der Waals surface area contributed by atoms with E-state index < -0.39 is 0 Å². The number of piperidine rings is 1. The van der Waals surface area contributed by atoms with Crippen molar-refractivity contribution in [3.63, 3.8) is 0 Å². The smallest absolute Gasteiger partial charge is 0.233 e. The summed E-state index contributed by atoms with van der Waals surface area (Å²) in [6.45, 7) is 8.23. The molecular weight excluding hydrogens is 260 g/mol. The van der Waals surface area contributed by atoms with Gasteiger partial charge in [-0.1, -0.05) is 37.3 Å². The molecule has 0 spiro atoms. The van der Waals surface area contributed by atoms with Crippen molar-refractivity contribution < 1.29 is 4.79 Å². The van der Waals surface area contributed by atoms with E-state index in [0.717, 1.165) is 37.9 Å². The number of amides is 1.